The summed E-state index contributed by atoms with van der Waals surface area (Å²) in [5, 5.41) is 6.73. The summed E-state index contributed by atoms with van der Waals surface area (Å²) in [6.45, 7) is 4.95. The van der Waals surface area contributed by atoms with Crippen LogP contribution in [0.2, 0.25) is 0 Å². The van der Waals surface area contributed by atoms with Crippen molar-refractivity contribution >= 4 is 5.96 Å². The number of likely N-dealkylation sites (N-methyl/N-ethyl adjacent to an activating group) is 1. The Morgan fingerprint density at radius 2 is 2.04 bits per heavy atom. The number of hydrogen-bond donors (Lipinski definition) is 2. The maximum absolute atomic E-state index is 5.86. The zero-order valence-corrected chi connectivity index (χ0v) is 15.8. The quantitative estimate of drug-likeness (QED) is 0.471. The third-order valence-corrected chi connectivity index (χ3v) is 4.26. The summed E-state index contributed by atoms with van der Waals surface area (Å²) in [6.07, 6.45) is 2.67. The minimum absolute atomic E-state index is 0.668. The summed E-state index contributed by atoms with van der Waals surface area (Å²) < 4.78 is 10.9. The Morgan fingerprint density at radius 3 is 2.76 bits per heavy atom. The number of nitrogens with one attached hydrogen (secondary N) is 2. The highest BCUT2D eigenvalue weighted by Crippen LogP contribution is 2.27. The molecule has 0 radical (unpaired) electrons. The zero-order valence-electron chi connectivity index (χ0n) is 15.8. The Kier molecular flexibility index (Phi) is 8.55. The molecule has 1 aromatic rings. The van der Waals surface area contributed by atoms with E-state index in [1.165, 1.54) is 18.4 Å². The van der Waals surface area contributed by atoms with E-state index in [2.05, 4.69) is 39.7 Å². The Morgan fingerprint density at radius 1 is 1.24 bits per heavy atom. The van der Waals surface area contributed by atoms with Crippen LogP contribution >= 0.6 is 0 Å². The predicted octanol–water partition coefficient (Wildman–Crippen LogP) is 1.72. The lowest BCUT2D eigenvalue weighted by Gasteiger charge is -2.16. The first-order valence-corrected chi connectivity index (χ1v) is 9.05. The van der Waals surface area contributed by atoms with Crippen LogP contribution in [-0.4, -0.2) is 64.9 Å². The Hall–Kier alpha value is -1.79. The average molecular weight is 348 g/mol. The normalized spacial score (nSPS) is 14.6. The van der Waals surface area contributed by atoms with Gasteiger partial charge in [0.05, 0.1) is 6.61 Å². The smallest absolute Gasteiger partial charge is 0.191 e. The third-order valence-electron chi connectivity index (χ3n) is 4.26. The Labute approximate surface area is 151 Å². The SMILES string of the molecule is CN=C(NCc1cccc(OCCN(C)CCOC)c1)NCC1CC1. The minimum atomic E-state index is 0.668. The predicted molar refractivity (Wildman–Crippen MR) is 102 cm³/mol. The summed E-state index contributed by atoms with van der Waals surface area (Å²) in [4.78, 5) is 6.47. The molecule has 2 rings (SSSR count). The Balaban J connectivity index is 1.70. The summed E-state index contributed by atoms with van der Waals surface area (Å²) in [6, 6.07) is 8.20. The molecule has 2 N–H and O–H groups in total. The van der Waals surface area contributed by atoms with Crippen LogP contribution in [0.4, 0.5) is 0 Å². The van der Waals surface area contributed by atoms with Crippen molar-refractivity contribution in [1.82, 2.24) is 15.5 Å². The van der Waals surface area contributed by atoms with Crippen LogP contribution in [0.25, 0.3) is 0 Å². The van der Waals surface area contributed by atoms with E-state index in [9.17, 15) is 0 Å². The Bertz CT molecular complexity index is 532. The molecule has 6 heteroatoms. The molecule has 0 spiro atoms. The molecule has 25 heavy (non-hydrogen) atoms. The molecule has 0 amide bonds. The van der Waals surface area contributed by atoms with Gasteiger partial charge in [-0.2, -0.15) is 0 Å². The fraction of sp³-hybridized carbons (Fsp3) is 0.632. The van der Waals surface area contributed by atoms with E-state index in [0.717, 1.165) is 50.4 Å². The molecule has 1 fully saturated rings. The zero-order chi connectivity index (χ0) is 17.9. The molecule has 0 atom stereocenters. The van der Waals surface area contributed by atoms with Gasteiger partial charge in [-0.05, 0) is 43.5 Å². The molecule has 140 valence electrons. The fourth-order valence-corrected chi connectivity index (χ4v) is 2.39. The first-order chi connectivity index (χ1) is 12.2. The molecule has 0 aromatic heterocycles. The van der Waals surface area contributed by atoms with Crippen LogP contribution in [0.15, 0.2) is 29.3 Å². The highest BCUT2D eigenvalue weighted by Gasteiger charge is 2.20. The number of hydrogen-bond acceptors (Lipinski definition) is 4. The van der Waals surface area contributed by atoms with Crippen molar-refractivity contribution in [2.45, 2.75) is 19.4 Å². The van der Waals surface area contributed by atoms with E-state index >= 15 is 0 Å². The first kappa shape index (κ1) is 19.5. The van der Waals surface area contributed by atoms with Gasteiger partial charge in [0, 0.05) is 40.3 Å². The van der Waals surface area contributed by atoms with Crippen LogP contribution in [-0.2, 0) is 11.3 Å². The molecule has 1 saturated carbocycles. The molecular weight excluding hydrogens is 316 g/mol. The standard InChI is InChI=1S/C19H32N4O2/c1-20-19(21-14-16-7-8-16)22-15-17-5-4-6-18(13-17)25-12-10-23(2)9-11-24-3/h4-6,13,16H,7-12,14-15H2,1-3H3,(H2,20,21,22). The highest BCUT2D eigenvalue weighted by atomic mass is 16.5. The number of guanidine groups is 1. The maximum atomic E-state index is 5.86. The molecule has 0 heterocycles. The molecule has 0 saturated heterocycles. The minimum Gasteiger partial charge on any atom is -0.492 e. The van der Waals surface area contributed by atoms with Crippen LogP contribution in [0.5, 0.6) is 5.75 Å². The number of ether oxygens (including phenoxy) is 2. The van der Waals surface area contributed by atoms with Crippen LogP contribution < -0.4 is 15.4 Å². The lowest BCUT2D eigenvalue weighted by atomic mass is 10.2. The van der Waals surface area contributed by atoms with Crippen molar-refractivity contribution in [3.05, 3.63) is 29.8 Å². The van der Waals surface area contributed by atoms with Gasteiger partial charge in [0.2, 0.25) is 0 Å². The first-order valence-electron chi connectivity index (χ1n) is 9.05. The van der Waals surface area contributed by atoms with Crippen molar-refractivity contribution in [3.63, 3.8) is 0 Å². The number of rotatable bonds is 11. The van der Waals surface area contributed by atoms with Crippen LogP contribution in [0.1, 0.15) is 18.4 Å². The molecule has 0 aliphatic heterocycles. The molecule has 1 aliphatic rings. The van der Waals surface area contributed by atoms with Crippen LogP contribution in [0, 0.1) is 5.92 Å². The largest absolute Gasteiger partial charge is 0.492 e. The number of aliphatic imine (C=N–C) groups is 1. The molecular formula is C19H32N4O2. The monoisotopic (exact) mass is 348 g/mol. The van der Waals surface area contributed by atoms with Gasteiger partial charge < -0.3 is 25.0 Å². The van der Waals surface area contributed by atoms with Gasteiger partial charge in [-0.15, -0.1) is 0 Å². The van der Waals surface area contributed by atoms with Gasteiger partial charge in [0.15, 0.2) is 5.96 Å². The van der Waals surface area contributed by atoms with E-state index in [1.54, 1.807) is 7.11 Å². The second kappa shape index (κ2) is 10.9. The van der Waals surface area contributed by atoms with Crippen molar-refractivity contribution in [3.8, 4) is 5.75 Å². The second-order valence-electron chi connectivity index (χ2n) is 6.54. The highest BCUT2D eigenvalue weighted by molar-refractivity contribution is 5.79. The van der Waals surface area contributed by atoms with E-state index < -0.39 is 0 Å². The van der Waals surface area contributed by atoms with Crippen molar-refractivity contribution < 1.29 is 9.47 Å². The van der Waals surface area contributed by atoms with Gasteiger partial charge in [-0.1, -0.05) is 12.1 Å². The maximum Gasteiger partial charge on any atom is 0.191 e. The summed E-state index contributed by atoms with van der Waals surface area (Å²) in [5.74, 6) is 2.59. The van der Waals surface area contributed by atoms with Gasteiger partial charge >= 0.3 is 0 Å². The topological polar surface area (TPSA) is 58.1 Å². The molecule has 6 nitrogen and oxygen atoms in total. The number of nitrogens with zero attached hydrogens (tertiary/aromatic N) is 2. The molecule has 1 aromatic carbocycles. The lowest BCUT2D eigenvalue weighted by Crippen LogP contribution is -2.37. The summed E-state index contributed by atoms with van der Waals surface area (Å²) in [7, 11) is 5.60. The van der Waals surface area contributed by atoms with Crippen molar-refractivity contribution in [2.75, 3.05) is 54.1 Å². The molecule has 1 aliphatic carbocycles. The number of benzene rings is 1. The van der Waals surface area contributed by atoms with E-state index in [-0.39, 0.29) is 0 Å². The van der Waals surface area contributed by atoms with E-state index in [4.69, 9.17) is 9.47 Å². The van der Waals surface area contributed by atoms with Gasteiger partial charge in [-0.3, -0.25) is 4.99 Å². The van der Waals surface area contributed by atoms with E-state index in [0.29, 0.717) is 6.61 Å². The fourth-order valence-electron chi connectivity index (χ4n) is 2.39. The summed E-state index contributed by atoms with van der Waals surface area (Å²) >= 11 is 0. The van der Waals surface area contributed by atoms with Crippen molar-refractivity contribution in [2.24, 2.45) is 10.9 Å². The molecule has 0 unspecified atom stereocenters. The van der Waals surface area contributed by atoms with Crippen LogP contribution in [0.3, 0.4) is 0 Å². The van der Waals surface area contributed by atoms with Crippen molar-refractivity contribution in [1.29, 1.82) is 0 Å². The summed E-state index contributed by atoms with van der Waals surface area (Å²) in [5.41, 5.74) is 1.18. The van der Waals surface area contributed by atoms with Gasteiger partial charge in [0.25, 0.3) is 0 Å². The second-order valence-corrected chi connectivity index (χ2v) is 6.54. The number of methoxy groups -OCH3 is 1. The average Bonchev–Trinajstić information content (AvgIpc) is 3.45. The van der Waals surface area contributed by atoms with Gasteiger partial charge in [-0.25, -0.2) is 0 Å². The van der Waals surface area contributed by atoms with E-state index in [1.807, 2.05) is 19.2 Å². The lowest BCUT2D eigenvalue weighted by molar-refractivity contribution is 0.150. The molecule has 0 bridgehead atoms. The third kappa shape index (κ3) is 8.23. The van der Waals surface area contributed by atoms with Gasteiger partial charge in [0.1, 0.15) is 12.4 Å².